The molecule has 0 aliphatic rings. The number of benzene rings is 1. The van der Waals surface area contributed by atoms with Gasteiger partial charge in [0.25, 0.3) is 5.69 Å². The topological polar surface area (TPSA) is 122 Å². The van der Waals surface area contributed by atoms with Gasteiger partial charge in [0.15, 0.2) is 0 Å². The molecular weight excluding hydrogens is 302 g/mol. The van der Waals surface area contributed by atoms with Crippen LogP contribution in [-0.2, 0) is 9.59 Å². The molecule has 0 bridgehead atoms. The summed E-state index contributed by atoms with van der Waals surface area (Å²) in [6.07, 6.45) is 1.29. The summed E-state index contributed by atoms with van der Waals surface area (Å²) in [6.45, 7) is 3.67. The van der Waals surface area contributed by atoms with Gasteiger partial charge in [-0.3, -0.25) is 19.7 Å². The number of hydrogen-bond donors (Lipinski definition) is 3. The second-order valence-corrected chi connectivity index (χ2v) is 5.14. The van der Waals surface area contributed by atoms with Gasteiger partial charge in [0.05, 0.1) is 16.2 Å². The summed E-state index contributed by atoms with van der Waals surface area (Å²) >= 11 is 0. The number of rotatable bonds is 9. The van der Waals surface area contributed by atoms with E-state index in [1.807, 2.05) is 6.92 Å². The molecule has 23 heavy (non-hydrogen) atoms. The van der Waals surface area contributed by atoms with Crippen LogP contribution >= 0.6 is 0 Å². The number of nitrogens with one attached hydrogen (secondary N) is 2. The van der Waals surface area contributed by atoms with Gasteiger partial charge in [0.1, 0.15) is 6.04 Å². The summed E-state index contributed by atoms with van der Waals surface area (Å²) in [4.78, 5) is 33.2. The molecule has 0 aromatic heterocycles. The first-order valence-electron chi connectivity index (χ1n) is 7.36. The van der Waals surface area contributed by atoms with Gasteiger partial charge in [-0.1, -0.05) is 19.4 Å². The van der Waals surface area contributed by atoms with Crippen LogP contribution in [0, 0.1) is 17.0 Å². The zero-order valence-corrected chi connectivity index (χ0v) is 13.2. The van der Waals surface area contributed by atoms with E-state index in [0.29, 0.717) is 17.7 Å². The smallest absolute Gasteiger partial charge is 0.320 e. The second-order valence-electron chi connectivity index (χ2n) is 5.14. The van der Waals surface area contributed by atoms with Crippen molar-refractivity contribution < 1.29 is 19.6 Å². The van der Waals surface area contributed by atoms with Crippen LogP contribution in [0.3, 0.4) is 0 Å². The van der Waals surface area contributed by atoms with E-state index in [-0.39, 0.29) is 24.6 Å². The fourth-order valence-electron chi connectivity index (χ4n) is 2.13. The Morgan fingerprint density at radius 3 is 2.65 bits per heavy atom. The summed E-state index contributed by atoms with van der Waals surface area (Å²) in [5.74, 6) is -1.27. The van der Waals surface area contributed by atoms with E-state index in [1.54, 1.807) is 13.0 Å². The summed E-state index contributed by atoms with van der Waals surface area (Å²) in [5, 5.41) is 25.3. The number of nitro groups is 1. The molecule has 0 aliphatic heterocycles. The molecule has 0 heterocycles. The molecule has 1 rings (SSSR count). The Hall–Kier alpha value is -2.48. The van der Waals surface area contributed by atoms with E-state index in [0.717, 1.165) is 6.42 Å². The van der Waals surface area contributed by atoms with Crippen molar-refractivity contribution in [2.75, 3.05) is 11.9 Å². The Morgan fingerprint density at radius 1 is 1.39 bits per heavy atom. The monoisotopic (exact) mass is 323 g/mol. The van der Waals surface area contributed by atoms with Crippen molar-refractivity contribution in [1.29, 1.82) is 0 Å². The van der Waals surface area contributed by atoms with E-state index >= 15 is 0 Å². The van der Waals surface area contributed by atoms with Crippen LogP contribution in [0.25, 0.3) is 0 Å². The van der Waals surface area contributed by atoms with E-state index in [4.69, 9.17) is 5.11 Å². The maximum absolute atomic E-state index is 11.9. The van der Waals surface area contributed by atoms with Crippen molar-refractivity contribution in [2.24, 2.45) is 0 Å². The average Bonchev–Trinajstić information content (AvgIpc) is 2.48. The first-order valence-corrected chi connectivity index (χ1v) is 7.36. The highest BCUT2D eigenvalue weighted by Crippen LogP contribution is 2.24. The lowest BCUT2D eigenvalue weighted by Gasteiger charge is -2.13. The molecular formula is C15H21N3O5. The molecule has 1 aromatic rings. The lowest BCUT2D eigenvalue weighted by Crippen LogP contribution is -2.38. The fourth-order valence-corrected chi connectivity index (χ4v) is 2.13. The molecule has 0 aliphatic carbocycles. The quantitative estimate of drug-likeness (QED) is 0.472. The average molecular weight is 323 g/mol. The van der Waals surface area contributed by atoms with E-state index in [2.05, 4.69) is 10.6 Å². The molecule has 3 N–H and O–H groups in total. The van der Waals surface area contributed by atoms with E-state index in [9.17, 15) is 19.7 Å². The maximum Gasteiger partial charge on any atom is 0.320 e. The van der Waals surface area contributed by atoms with Crippen LogP contribution in [0.5, 0.6) is 0 Å². The predicted octanol–water partition coefficient (Wildman–Crippen LogP) is 2.07. The molecule has 1 aromatic carbocycles. The third-order valence-electron chi connectivity index (χ3n) is 3.39. The van der Waals surface area contributed by atoms with Crippen molar-refractivity contribution in [2.45, 2.75) is 39.2 Å². The van der Waals surface area contributed by atoms with Crippen LogP contribution in [0.15, 0.2) is 18.2 Å². The molecule has 0 saturated carbocycles. The van der Waals surface area contributed by atoms with Crippen LogP contribution in [-0.4, -0.2) is 34.5 Å². The number of carboxylic acid groups (broad SMARTS) is 1. The maximum atomic E-state index is 11.9. The second kappa shape index (κ2) is 8.84. The normalized spacial score (nSPS) is 11.7. The van der Waals surface area contributed by atoms with Gasteiger partial charge in [0.2, 0.25) is 5.91 Å². The third-order valence-corrected chi connectivity index (χ3v) is 3.39. The number of hydrogen-bond acceptors (Lipinski definition) is 5. The third kappa shape index (κ3) is 5.67. The number of nitro benzene ring substituents is 1. The molecule has 0 saturated heterocycles. The van der Waals surface area contributed by atoms with Crippen molar-refractivity contribution >= 4 is 23.3 Å². The minimum atomic E-state index is -0.943. The molecule has 8 nitrogen and oxygen atoms in total. The number of amides is 1. The Balaban J connectivity index is 2.56. The number of anilines is 1. The van der Waals surface area contributed by atoms with Gasteiger partial charge in [0, 0.05) is 19.0 Å². The number of carboxylic acids is 1. The Bertz CT molecular complexity index is 588. The highest BCUT2D eigenvalue weighted by molar-refractivity contribution is 5.92. The Labute approximate surface area is 134 Å². The van der Waals surface area contributed by atoms with Gasteiger partial charge in [-0.25, -0.2) is 0 Å². The molecule has 126 valence electrons. The van der Waals surface area contributed by atoms with Crippen LogP contribution in [0.2, 0.25) is 0 Å². The Morgan fingerprint density at radius 2 is 2.09 bits per heavy atom. The van der Waals surface area contributed by atoms with Crippen molar-refractivity contribution in [3.63, 3.8) is 0 Å². The molecule has 0 radical (unpaired) electrons. The highest BCUT2D eigenvalue weighted by Gasteiger charge is 2.17. The zero-order valence-electron chi connectivity index (χ0n) is 13.2. The van der Waals surface area contributed by atoms with Gasteiger partial charge in [-0.2, -0.15) is 0 Å². The van der Waals surface area contributed by atoms with Crippen molar-refractivity contribution in [3.05, 3.63) is 33.9 Å². The van der Waals surface area contributed by atoms with Gasteiger partial charge >= 0.3 is 5.97 Å². The fraction of sp³-hybridized carbons (Fsp3) is 0.467. The van der Waals surface area contributed by atoms with Crippen LogP contribution in [0.1, 0.15) is 31.7 Å². The van der Waals surface area contributed by atoms with E-state index < -0.39 is 16.9 Å². The van der Waals surface area contributed by atoms with Crippen LogP contribution < -0.4 is 10.6 Å². The molecule has 1 unspecified atom stereocenters. The minimum absolute atomic E-state index is 0.0604. The Kier molecular flexibility index (Phi) is 7.14. The number of carbonyl (C=O) groups is 2. The van der Waals surface area contributed by atoms with Gasteiger partial charge in [-0.15, -0.1) is 0 Å². The van der Waals surface area contributed by atoms with Crippen LogP contribution in [0.4, 0.5) is 11.4 Å². The highest BCUT2D eigenvalue weighted by atomic mass is 16.6. The molecule has 1 amide bonds. The number of aliphatic carboxylic acids is 1. The van der Waals surface area contributed by atoms with Crippen molar-refractivity contribution in [3.8, 4) is 0 Å². The number of nitrogens with zero attached hydrogens (tertiary/aromatic N) is 1. The summed E-state index contributed by atoms with van der Waals surface area (Å²) in [6, 6.07) is 3.78. The molecule has 8 heteroatoms. The van der Waals surface area contributed by atoms with Gasteiger partial charge in [-0.05, 0) is 19.4 Å². The largest absolute Gasteiger partial charge is 0.480 e. The zero-order chi connectivity index (χ0) is 17.4. The summed E-state index contributed by atoms with van der Waals surface area (Å²) in [7, 11) is 0. The summed E-state index contributed by atoms with van der Waals surface area (Å²) < 4.78 is 0. The SMILES string of the molecule is CCCC(NCCC(=O)Nc1cccc([N+](=O)[O-])c1C)C(=O)O. The lowest BCUT2D eigenvalue weighted by atomic mass is 10.1. The van der Waals surface area contributed by atoms with Crippen molar-refractivity contribution in [1.82, 2.24) is 5.32 Å². The molecule has 0 fully saturated rings. The van der Waals surface area contributed by atoms with E-state index in [1.165, 1.54) is 12.1 Å². The predicted molar refractivity (Wildman–Crippen MR) is 85.4 cm³/mol. The standard InChI is InChI=1S/C15H21N3O5/c1-3-5-12(15(20)21)16-9-8-14(19)17-11-6-4-7-13(10(11)2)18(22)23/h4,6-7,12,16H,3,5,8-9H2,1-2H3,(H,17,19)(H,20,21). The number of carbonyl (C=O) groups excluding carboxylic acids is 1. The summed E-state index contributed by atoms with van der Waals surface area (Å²) in [5.41, 5.74) is 0.704. The first kappa shape index (κ1) is 18.6. The minimum Gasteiger partial charge on any atom is -0.480 e. The molecule has 0 spiro atoms. The van der Waals surface area contributed by atoms with Gasteiger partial charge < -0.3 is 15.7 Å². The first-order chi connectivity index (χ1) is 10.9. The lowest BCUT2D eigenvalue weighted by molar-refractivity contribution is -0.385. The molecule has 1 atom stereocenters.